The van der Waals surface area contributed by atoms with Crippen LogP contribution in [0.15, 0.2) is 182 Å². The summed E-state index contributed by atoms with van der Waals surface area (Å²) in [6, 6.07) is 66.5. The zero-order valence-electron chi connectivity index (χ0n) is 27.2. The van der Waals surface area contributed by atoms with E-state index in [1.165, 1.54) is 82.0 Å². The van der Waals surface area contributed by atoms with Gasteiger partial charge in [-0.15, -0.1) is 0 Å². The van der Waals surface area contributed by atoms with Crippen LogP contribution >= 0.6 is 0 Å². The molecule has 49 heavy (non-hydrogen) atoms. The number of hydrogen-bond donors (Lipinski definition) is 0. The minimum atomic E-state index is 0.817. The van der Waals surface area contributed by atoms with Crippen LogP contribution in [-0.4, -0.2) is 0 Å². The predicted molar refractivity (Wildman–Crippen MR) is 210 cm³/mol. The molecule has 0 N–H and O–H groups in total. The van der Waals surface area contributed by atoms with E-state index in [0.717, 1.165) is 16.9 Å². The monoisotopic (exact) mass is 622 g/mol. The number of benzene rings is 9. The fraction of sp³-hybridized carbons (Fsp3) is 0.0204. The van der Waals surface area contributed by atoms with Crippen molar-refractivity contribution in [3.63, 3.8) is 0 Å². The van der Waals surface area contributed by atoms with Gasteiger partial charge in [-0.3, -0.25) is 0 Å². The molecule has 0 aliphatic rings. The Labute approximate surface area is 286 Å². The third-order valence-corrected chi connectivity index (χ3v) is 9.99. The van der Waals surface area contributed by atoms with E-state index >= 15 is 0 Å². The Hall–Kier alpha value is -6.24. The Morgan fingerprint density at radius 1 is 0.429 bits per heavy atom. The van der Waals surface area contributed by atoms with E-state index in [2.05, 4.69) is 189 Å². The second-order valence-electron chi connectivity index (χ2n) is 13.0. The first-order chi connectivity index (χ1) is 24.2. The van der Waals surface area contributed by atoms with E-state index in [-0.39, 0.29) is 0 Å². The van der Waals surface area contributed by atoms with Crippen molar-refractivity contribution in [2.45, 2.75) is 6.42 Å². The number of hydrogen-bond acceptors (Lipinski definition) is 0. The minimum absolute atomic E-state index is 0.817. The largest absolute Gasteiger partial charge is 0.0911 e. The molecule has 0 amide bonds. The summed E-state index contributed by atoms with van der Waals surface area (Å²) in [6.07, 6.45) is 0.817. The predicted octanol–water partition coefficient (Wildman–Crippen LogP) is 11.2. The topological polar surface area (TPSA) is 0 Å². The second-order valence-corrected chi connectivity index (χ2v) is 13.0. The fourth-order valence-electron chi connectivity index (χ4n) is 7.56. The summed E-state index contributed by atoms with van der Waals surface area (Å²) in [4.78, 5) is 0. The molecule has 0 unspecified atom stereocenters. The van der Waals surface area contributed by atoms with Crippen molar-refractivity contribution in [1.29, 1.82) is 0 Å². The molecule has 230 valence electrons. The highest BCUT2D eigenvalue weighted by Crippen LogP contribution is 2.35. The quantitative estimate of drug-likeness (QED) is 0.179. The van der Waals surface area contributed by atoms with Crippen LogP contribution < -0.4 is 10.4 Å². The zero-order valence-corrected chi connectivity index (χ0v) is 27.2. The highest BCUT2D eigenvalue weighted by Gasteiger charge is 2.18. The number of rotatable bonds is 5. The molecule has 0 aromatic heterocycles. The summed E-state index contributed by atoms with van der Waals surface area (Å²) < 4.78 is 0. The van der Waals surface area contributed by atoms with Crippen LogP contribution in [0.2, 0.25) is 0 Å². The molecule has 0 aliphatic carbocycles. The lowest BCUT2D eigenvalue weighted by Gasteiger charge is -2.19. The highest BCUT2D eigenvalue weighted by atomic mass is 14.2. The SMILES string of the molecule is C=c1ccc(-c2cccc3ccccc23)c/c1=C(\c1ccc2ccccc2c1)c1c(Cc2ccc3ccccc3c2)ccc2ccccc12. The first-order valence-electron chi connectivity index (χ1n) is 17.0. The van der Waals surface area contributed by atoms with Gasteiger partial charge in [0.1, 0.15) is 0 Å². The van der Waals surface area contributed by atoms with Gasteiger partial charge in [-0.05, 0) is 111 Å². The van der Waals surface area contributed by atoms with Gasteiger partial charge in [0.15, 0.2) is 0 Å². The third kappa shape index (κ3) is 5.29. The Balaban J connectivity index is 1.38. The molecular weight excluding hydrogens is 589 g/mol. The van der Waals surface area contributed by atoms with Crippen LogP contribution in [0.5, 0.6) is 0 Å². The van der Waals surface area contributed by atoms with E-state index < -0.39 is 0 Å². The van der Waals surface area contributed by atoms with E-state index in [1.807, 2.05) is 0 Å². The molecule has 0 atom stereocenters. The molecule has 9 rings (SSSR count). The second kappa shape index (κ2) is 12.1. The lowest BCUT2D eigenvalue weighted by Crippen LogP contribution is -2.27. The van der Waals surface area contributed by atoms with Crippen LogP contribution in [0.3, 0.4) is 0 Å². The molecule has 0 spiro atoms. The van der Waals surface area contributed by atoms with E-state index in [1.54, 1.807) is 0 Å². The van der Waals surface area contributed by atoms with Crippen LogP contribution in [0.25, 0.3) is 66.4 Å². The Morgan fingerprint density at radius 3 is 1.80 bits per heavy atom. The van der Waals surface area contributed by atoms with Gasteiger partial charge in [0, 0.05) is 0 Å². The lowest BCUT2D eigenvalue weighted by atomic mass is 9.84. The van der Waals surface area contributed by atoms with Crippen molar-refractivity contribution in [2.75, 3.05) is 0 Å². The fourth-order valence-corrected chi connectivity index (χ4v) is 7.56. The van der Waals surface area contributed by atoms with Gasteiger partial charge in [0.25, 0.3) is 0 Å². The summed E-state index contributed by atoms with van der Waals surface area (Å²) in [5, 5.41) is 12.1. The summed E-state index contributed by atoms with van der Waals surface area (Å²) >= 11 is 0. The Morgan fingerprint density at radius 2 is 1.02 bits per heavy atom. The average Bonchev–Trinajstić information content (AvgIpc) is 3.16. The molecule has 0 saturated carbocycles. The van der Waals surface area contributed by atoms with Crippen molar-refractivity contribution in [3.05, 3.63) is 215 Å². The Kier molecular flexibility index (Phi) is 7.14. The minimum Gasteiger partial charge on any atom is -0.0911 e. The smallest absolute Gasteiger partial charge is 0.00192 e. The first-order valence-corrected chi connectivity index (χ1v) is 17.0. The van der Waals surface area contributed by atoms with E-state index in [9.17, 15) is 0 Å². The molecule has 0 aliphatic heterocycles. The third-order valence-electron chi connectivity index (χ3n) is 9.99. The van der Waals surface area contributed by atoms with Gasteiger partial charge in [-0.2, -0.15) is 0 Å². The van der Waals surface area contributed by atoms with Crippen LogP contribution in [0, 0.1) is 0 Å². The van der Waals surface area contributed by atoms with Gasteiger partial charge < -0.3 is 0 Å². The van der Waals surface area contributed by atoms with Crippen molar-refractivity contribution < 1.29 is 0 Å². The molecule has 9 aromatic carbocycles. The molecular formula is C49H34. The van der Waals surface area contributed by atoms with Crippen molar-refractivity contribution in [2.24, 2.45) is 0 Å². The standard InChI is InChI=1S/C49H34/c1-33-21-23-41(45-20-10-17-37-13-6-8-18-44(37)45)32-47(33)49(43-27-25-36-12-3-5-16-40(36)31-43)48-42(28-26-38-14-7-9-19-46(38)48)30-34-22-24-35-11-2-4-15-39(35)29-34/h2-29,31-32H,1,30H2/b49-47-. The molecule has 0 radical (unpaired) electrons. The van der Waals surface area contributed by atoms with Gasteiger partial charge in [-0.25, -0.2) is 0 Å². The maximum absolute atomic E-state index is 4.66. The van der Waals surface area contributed by atoms with Crippen LogP contribution in [-0.2, 0) is 6.42 Å². The van der Waals surface area contributed by atoms with E-state index in [0.29, 0.717) is 0 Å². The van der Waals surface area contributed by atoms with Crippen LogP contribution in [0.1, 0.15) is 22.3 Å². The summed E-state index contributed by atoms with van der Waals surface area (Å²) in [5.41, 5.74) is 8.68. The zero-order chi connectivity index (χ0) is 32.7. The molecule has 0 fully saturated rings. The lowest BCUT2D eigenvalue weighted by molar-refractivity contribution is 1.19. The van der Waals surface area contributed by atoms with Crippen molar-refractivity contribution in [3.8, 4) is 11.1 Å². The Bertz CT molecular complexity index is 2810. The average molecular weight is 623 g/mol. The van der Waals surface area contributed by atoms with Gasteiger partial charge in [0.2, 0.25) is 0 Å². The number of fused-ring (bicyclic) bond motifs is 4. The molecule has 0 bridgehead atoms. The summed E-state index contributed by atoms with van der Waals surface area (Å²) in [5.74, 6) is 0. The first kappa shape index (κ1) is 28.9. The maximum Gasteiger partial charge on any atom is -0.00192 e. The highest BCUT2D eigenvalue weighted by molar-refractivity contribution is 6.01. The maximum atomic E-state index is 4.66. The van der Waals surface area contributed by atoms with E-state index in [4.69, 9.17) is 0 Å². The van der Waals surface area contributed by atoms with Gasteiger partial charge >= 0.3 is 0 Å². The van der Waals surface area contributed by atoms with Gasteiger partial charge in [0.05, 0.1) is 0 Å². The normalized spacial score (nSPS) is 12.2. The summed E-state index contributed by atoms with van der Waals surface area (Å²) in [6.45, 7) is 4.66. The van der Waals surface area contributed by atoms with Crippen LogP contribution in [0.4, 0.5) is 0 Å². The molecule has 0 heterocycles. The van der Waals surface area contributed by atoms with Crippen molar-refractivity contribution >= 4 is 55.2 Å². The molecule has 9 aromatic rings. The molecule has 0 heteroatoms. The molecule has 0 saturated heterocycles. The van der Waals surface area contributed by atoms with Crippen molar-refractivity contribution in [1.82, 2.24) is 0 Å². The van der Waals surface area contributed by atoms with Gasteiger partial charge in [-0.1, -0.05) is 176 Å². The molecule has 0 nitrogen and oxygen atoms in total. The summed E-state index contributed by atoms with van der Waals surface area (Å²) in [7, 11) is 0.